The lowest BCUT2D eigenvalue weighted by Gasteiger charge is -2.07. The Morgan fingerprint density at radius 3 is 3.10 bits per heavy atom. The van der Waals surface area contributed by atoms with Crippen molar-refractivity contribution in [3.05, 3.63) is 41.6 Å². The van der Waals surface area contributed by atoms with Crippen LogP contribution in [0.25, 0.3) is 11.2 Å². The van der Waals surface area contributed by atoms with Crippen molar-refractivity contribution < 1.29 is 9.47 Å². The summed E-state index contributed by atoms with van der Waals surface area (Å²) in [4.78, 5) is 12.4. The first-order valence-corrected chi connectivity index (χ1v) is 6.39. The molecule has 0 bridgehead atoms. The highest BCUT2D eigenvalue weighted by Gasteiger charge is 2.18. The molecule has 4 rings (SSSR count). The smallest absolute Gasteiger partial charge is 0.231 e. The molecule has 2 aromatic heterocycles. The minimum absolute atomic E-state index is 0.255. The van der Waals surface area contributed by atoms with E-state index in [0.717, 1.165) is 17.1 Å². The number of hydrogen-bond acceptors (Lipinski definition) is 5. The molecule has 6 nitrogen and oxygen atoms in total. The van der Waals surface area contributed by atoms with E-state index in [-0.39, 0.29) is 6.79 Å². The highest BCUT2D eigenvalue weighted by atomic mass is 35.5. The summed E-state index contributed by atoms with van der Waals surface area (Å²) in [5.74, 6) is 1.54. The first kappa shape index (κ1) is 11.5. The second-order valence-electron chi connectivity index (χ2n) is 4.36. The van der Waals surface area contributed by atoms with Crippen LogP contribution in [-0.4, -0.2) is 26.3 Å². The van der Waals surface area contributed by atoms with Crippen LogP contribution in [0.4, 0.5) is 0 Å². The quantitative estimate of drug-likeness (QED) is 0.677. The minimum Gasteiger partial charge on any atom is -0.454 e. The van der Waals surface area contributed by atoms with Gasteiger partial charge in [-0.05, 0) is 6.07 Å². The molecule has 7 heteroatoms. The molecular weight excluding hydrogens is 280 g/mol. The van der Waals surface area contributed by atoms with Gasteiger partial charge in [0.05, 0.1) is 12.9 Å². The van der Waals surface area contributed by atoms with E-state index in [1.54, 1.807) is 6.33 Å². The van der Waals surface area contributed by atoms with Gasteiger partial charge in [0.15, 0.2) is 22.3 Å². The van der Waals surface area contributed by atoms with E-state index < -0.39 is 0 Å². The van der Waals surface area contributed by atoms with E-state index >= 15 is 0 Å². The van der Waals surface area contributed by atoms with Gasteiger partial charge in [-0.15, -0.1) is 0 Å². The molecule has 0 saturated carbocycles. The van der Waals surface area contributed by atoms with Crippen molar-refractivity contribution in [2.24, 2.45) is 0 Å². The van der Waals surface area contributed by atoms with Gasteiger partial charge in [-0.3, -0.25) is 0 Å². The van der Waals surface area contributed by atoms with Crippen molar-refractivity contribution in [1.29, 1.82) is 0 Å². The van der Waals surface area contributed by atoms with Crippen molar-refractivity contribution in [3.8, 4) is 11.5 Å². The number of imidazole rings is 1. The predicted molar refractivity (Wildman–Crippen MR) is 72.0 cm³/mol. The summed E-state index contributed by atoms with van der Waals surface area (Å²) in [6.45, 7) is 0.835. The van der Waals surface area contributed by atoms with Gasteiger partial charge in [0.2, 0.25) is 6.79 Å². The monoisotopic (exact) mass is 288 g/mol. The van der Waals surface area contributed by atoms with E-state index in [4.69, 9.17) is 21.1 Å². The van der Waals surface area contributed by atoms with Crippen LogP contribution in [0.1, 0.15) is 5.56 Å². The maximum absolute atomic E-state index is 6.00. The zero-order valence-corrected chi connectivity index (χ0v) is 11.0. The van der Waals surface area contributed by atoms with E-state index in [1.807, 2.05) is 22.8 Å². The van der Waals surface area contributed by atoms with Gasteiger partial charge in [-0.25, -0.2) is 15.0 Å². The molecule has 0 aliphatic carbocycles. The third kappa shape index (κ3) is 1.69. The van der Waals surface area contributed by atoms with Crippen LogP contribution in [0, 0.1) is 0 Å². The second kappa shape index (κ2) is 4.35. The molecule has 1 aromatic carbocycles. The number of benzene rings is 1. The lowest BCUT2D eigenvalue weighted by Crippen LogP contribution is -2.01. The molecule has 0 spiro atoms. The molecule has 0 fully saturated rings. The molecule has 1 aliphatic heterocycles. The molecule has 100 valence electrons. The van der Waals surface area contributed by atoms with Gasteiger partial charge in [0, 0.05) is 5.56 Å². The fraction of sp³-hybridized carbons (Fsp3) is 0.154. The van der Waals surface area contributed by atoms with E-state index in [9.17, 15) is 0 Å². The number of fused-ring (bicyclic) bond motifs is 2. The van der Waals surface area contributed by atoms with E-state index in [2.05, 4.69) is 15.0 Å². The SMILES string of the molecule is Clc1ncnc2c1ncn2Cc1cccc2c1OCO2. The topological polar surface area (TPSA) is 62.1 Å². The van der Waals surface area contributed by atoms with Gasteiger partial charge in [0.25, 0.3) is 0 Å². The zero-order valence-electron chi connectivity index (χ0n) is 10.3. The number of hydrogen-bond donors (Lipinski definition) is 0. The molecule has 3 aromatic rings. The third-order valence-corrected chi connectivity index (χ3v) is 3.45. The summed E-state index contributed by atoms with van der Waals surface area (Å²) in [7, 11) is 0. The van der Waals surface area contributed by atoms with Crippen molar-refractivity contribution in [3.63, 3.8) is 0 Å². The first-order chi connectivity index (χ1) is 9.83. The summed E-state index contributed by atoms with van der Waals surface area (Å²) in [5, 5.41) is 0.353. The van der Waals surface area contributed by atoms with Gasteiger partial charge < -0.3 is 14.0 Å². The minimum atomic E-state index is 0.255. The molecule has 0 radical (unpaired) electrons. The van der Waals surface area contributed by atoms with Gasteiger partial charge >= 0.3 is 0 Å². The van der Waals surface area contributed by atoms with Crippen LogP contribution in [0.2, 0.25) is 5.15 Å². The Labute approximate surface area is 119 Å². The molecule has 0 unspecified atom stereocenters. The molecule has 0 amide bonds. The predicted octanol–water partition coefficient (Wildman–Crippen LogP) is 2.26. The van der Waals surface area contributed by atoms with Crippen LogP contribution in [-0.2, 0) is 6.54 Å². The Bertz CT molecular complexity index is 802. The standard InChI is InChI=1S/C13H9ClN4O2/c14-12-10-13(16-5-15-12)18(6-17-10)4-8-2-1-3-9-11(8)20-7-19-9/h1-3,5-6H,4,7H2. The second-order valence-corrected chi connectivity index (χ2v) is 4.72. The average Bonchev–Trinajstić information content (AvgIpc) is 3.07. The Balaban J connectivity index is 1.79. The molecule has 0 N–H and O–H groups in total. The van der Waals surface area contributed by atoms with Crippen molar-refractivity contribution in [2.45, 2.75) is 6.54 Å². The highest BCUT2D eigenvalue weighted by Crippen LogP contribution is 2.36. The van der Waals surface area contributed by atoms with Crippen molar-refractivity contribution in [2.75, 3.05) is 6.79 Å². The summed E-state index contributed by atoms with van der Waals surface area (Å²) in [6.07, 6.45) is 3.12. The van der Waals surface area contributed by atoms with Crippen molar-refractivity contribution >= 4 is 22.8 Å². The maximum Gasteiger partial charge on any atom is 0.231 e. The molecule has 1 aliphatic rings. The fourth-order valence-corrected chi connectivity index (χ4v) is 2.44. The number of nitrogens with zero attached hydrogens (tertiary/aromatic N) is 4. The summed E-state index contributed by atoms with van der Waals surface area (Å²) < 4.78 is 12.8. The molecule has 3 heterocycles. The number of ether oxygens (including phenoxy) is 2. The number of para-hydroxylation sites is 1. The maximum atomic E-state index is 6.00. The zero-order chi connectivity index (χ0) is 13.5. The molecule has 0 saturated heterocycles. The third-order valence-electron chi connectivity index (χ3n) is 3.18. The summed E-state index contributed by atoms with van der Waals surface area (Å²) in [5.41, 5.74) is 2.30. The van der Waals surface area contributed by atoms with E-state index in [1.165, 1.54) is 6.33 Å². The molecule has 20 heavy (non-hydrogen) atoms. The summed E-state index contributed by atoms with van der Waals surface area (Å²) in [6, 6.07) is 5.81. The normalized spacial score (nSPS) is 13.1. The lowest BCUT2D eigenvalue weighted by atomic mass is 10.2. The molecule has 0 atom stereocenters. The Kier molecular flexibility index (Phi) is 2.50. The van der Waals surface area contributed by atoms with Gasteiger partial charge in [-0.2, -0.15) is 0 Å². The Morgan fingerprint density at radius 1 is 1.20 bits per heavy atom. The van der Waals surface area contributed by atoms with E-state index in [0.29, 0.717) is 22.9 Å². The largest absolute Gasteiger partial charge is 0.454 e. The van der Waals surface area contributed by atoms with Crippen LogP contribution < -0.4 is 9.47 Å². The summed E-state index contributed by atoms with van der Waals surface area (Å²) >= 11 is 6.00. The van der Waals surface area contributed by atoms with Crippen LogP contribution >= 0.6 is 11.6 Å². The van der Waals surface area contributed by atoms with Gasteiger partial charge in [0.1, 0.15) is 11.8 Å². The molecular formula is C13H9ClN4O2. The Morgan fingerprint density at radius 2 is 2.15 bits per heavy atom. The number of rotatable bonds is 2. The average molecular weight is 289 g/mol. The fourth-order valence-electron chi connectivity index (χ4n) is 2.27. The lowest BCUT2D eigenvalue weighted by molar-refractivity contribution is 0.173. The van der Waals surface area contributed by atoms with Crippen molar-refractivity contribution in [1.82, 2.24) is 19.5 Å². The highest BCUT2D eigenvalue weighted by molar-refractivity contribution is 6.33. The van der Waals surface area contributed by atoms with Gasteiger partial charge in [-0.1, -0.05) is 23.7 Å². The number of aromatic nitrogens is 4. The van der Waals surface area contributed by atoms with Crippen LogP contribution in [0.15, 0.2) is 30.9 Å². The Hall–Kier alpha value is -2.34. The van der Waals surface area contributed by atoms with Crippen LogP contribution in [0.3, 0.4) is 0 Å². The first-order valence-electron chi connectivity index (χ1n) is 6.02. The number of halogens is 1. The van der Waals surface area contributed by atoms with Crippen LogP contribution in [0.5, 0.6) is 11.5 Å².